The van der Waals surface area contributed by atoms with Gasteiger partial charge in [0.15, 0.2) is 5.03 Å². The Bertz CT molecular complexity index is 544. The van der Waals surface area contributed by atoms with E-state index >= 15 is 0 Å². The maximum Gasteiger partial charge on any atom is 0.259 e. The summed E-state index contributed by atoms with van der Waals surface area (Å²) in [6.45, 7) is 1.40. The summed E-state index contributed by atoms with van der Waals surface area (Å²) in [7, 11) is -3.71. The van der Waals surface area contributed by atoms with Gasteiger partial charge in [0.05, 0.1) is 5.56 Å². The highest BCUT2D eigenvalue weighted by Crippen LogP contribution is 2.12. The second kappa shape index (κ2) is 4.79. The van der Waals surface area contributed by atoms with Crippen LogP contribution in [-0.4, -0.2) is 32.5 Å². The number of nitriles is 1. The van der Waals surface area contributed by atoms with E-state index in [4.69, 9.17) is 5.26 Å². The fourth-order valence-corrected chi connectivity index (χ4v) is 3.07. The number of rotatable bonds is 3. The Morgan fingerprint density at radius 2 is 2.41 bits per heavy atom. The van der Waals surface area contributed by atoms with Crippen LogP contribution in [0.1, 0.15) is 12.0 Å². The van der Waals surface area contributed by atoms with E-state index in [-0.39, 0.29) is 16.6 Å². The van der Waals surface area contributed by atoms with E-state index in [2.05, 4.69) is 15.0 Å². The zero-order valence-electron chi connectivity index (χ0n) is 9.05. The van der Waals surface area contributed by atoms with E-state index in [0.29, 0.717) is 6.54 Å². The van der Waals surface area contributed by atoms with Crippen molar-refractivity contribution in [1.82, 2.24) is 15.0 Å². The summed E-state index contributed by atoms with van der Waals surface area (Å²) in [6.07, 6.45) is 2.11. The maximum atomic E-state index is 12.0. The van der Waals surface area contributed by atoms with Gasteiger partial charge in [-0.3, -0.25) is 0 Å². The highest BCUT2D eigenvalue weighted by atomic mass is 32.2. The van der Waals surface area contributed by atoms with Crippen LogP contribution >= 0.6 is 0 Å². The van der Waals surface area contributed by atoms with Crippen molar-refractivity contribution in [3.8, 4) is 6.07 Å². The molecule has 0 bridgehead atoms. The topological polar surface area (TPSA) is 94.9 Å². The molecule has 1 aromatic rings. The lowest BCUT2D eigenvalue weighted by atomic mass is 10.3. The third-order valence-corrected chi connectivity index (χ3v) is 4.01. The first-order valence-electron chi connectivity index (χ1n) is 5.21. The van der Waals surface area contributed by atoms with Gasteiger partial charge in [-0.05, 0) is 25.1 Å². The van der Waals surface area contributed by atoms with E-state index in [1.165, 1.54) is 18.3 Å². The monoisotopic (exact) mass is 252 g/mol. The van der Waals surface area contributed by atoms with E-state index < -0.39 is 10.0 Å². The van der Waals surface area contributed by atoms with Gasteiger partial charge in [-0.1, -0.05) is 0 Å². The summed E-state index contributed by atoms with van der Waals surface area (Å²) < 4.78 is 26.6. The van der Waals surface area contributed by atoms with Crippen molar-refractivity contribution in [3.63, 3.8) is 0 Å². The predicted molar refractivity (Wildman–Crippen MR) is 60.5 cm³/mol. The SMILES string of the molecule is N#Cc1cccnc1S(=O)(=O)N[C@H]1CCNC1. The average Bonchev–Trinajstić information content (AvgIpc) is 2.81. The molecule has 6 nitrogen and oxygen atoms in total. The normalized spacial score (nSPS) is 20.1. The first-order chi connectivity index (χ1) is 8.13. The molecule has 0 saturated carbocycles. The van der Waals surface area contributed by atoms with Crippen LogP contribution in [0.25, 0.3) is 0 Å². The van der Waals surface area contributed by atoms with Crippen LogP contribution in [0.5, 0.6) is 0 Å². The summed E-state index contributed by atoms with van der Waals surface area (Å²) in [5, 5.41) is 11.7. The Kier molecular flexibility index (Phi) is 3.38. The van der Waals surface area contributed by atoms with Gasteiger partial charge in [-0.25, -0.2) is 18.1 Å². The quantitative estimate of drug-likeness (QED) is 0.762. The minimum absolute atomic E-state index is 0.0611. The van der Waals surface area contributed by atoms with Crippen molar-refractivity contribution in [1.29, 1.82) is 5.26 Å². The van der Waals surface area contributed by atoms with Crippen LogP contribution in [0.3, 0.4) is 0 Å². The van der Waals surface area contributed by atoms with Crippen molar-refractivity contribution in [2.24, 2.45) is 0 Å². The molecule has 1 atom stereocenters. The third-order valence-electron chi connectivity index (χ3n) is 2.53. The van der Waals surface area contributed by atoms with Gasteiger partial charge in [0.1, 0.15) is 6.07 Å². The Balaban J connectivity index is 2.28. The Labute approximate surface area is 99.7 Å². The molecule has 1 fully saturated rings. The minimum atomic E-state index is -3.71. The molecule has 90 valence electrons. The lowest BCUT2D eigenvalue weighted by Crippen LogP contribution is -2.36. The largest absolute Gasteiger partial charge is 0.315 e. The zero-order chi connectivity index (χ0) is 12.3. The Morgan fingerprint density at radius 3 is 3.06 bits per heavy atom. The molecule has 1 saturated heterocycles. The predicted octanol–water partition coefficient (Wildman–Crippen LogP) is -0.407. The number of hydrogen-bond donors (Lipinski definition) is 2. The smallest absolute Gasteiger partial charge is 0.259 e. The van der Waals surface area contributed by atoms with E-state index in [1.54, 1.807) is 0 Å². The highest BCUT2D eigenvalue weighted by molar-refractivity contribution is 7.89. The zero-order valence-corrected chi connectivity index (χ0v) is 9.87. The number of hydrogen-bond acceptors (Lipinski definition) is 5. The molecular weight excluding hydrogens is 240 g/mol. The van der Waals surface area contributed by atoms with Crippen LogP contribution in [0.15, 0.2) is 23.4 Å². The summed E-state index contributed by atoms with van der Waals surface area (Å²) in [4.78, 5) is 3.77. The molecule has 0 amide bonds. The van der Waals surface area contributed by atoms with Gasteiger partial charge in [-0.2, -0.15) is 5.26 Å². The van der Waals surface area contributed by atoms with Crippen molar-refractivity contribution < 1.29 is 8.42 Å². The summed E-state index contributed by atoms with van der Waals surface area (Å²) >= 11 is 0. The highest BCUT2D eigenvalue weighted by Gasteiger charge is 2.25. The standard InChI is InChI=1S/C10H12N4O2S/c11-6-8-2-1-4-13-10(8)17(15,16)14-9-3-5-12-7-9/h1-2,4,9,12,14H,3,5,7H2/t9-/m0/s1. The van der Waals surface area contributed by atoms with E-state index in [1.807, 2.05) is 6.07 Å². The second-order valence-corrected chi connectivity index (χ2v) is 5.41. The molecule has 1 aromatic heterocycles. The molecule has 1 aliphatic rings. The Morgan fingerprint density at radius 1 is 1.59 bits per heavy atom. The number of sulfonamides is 1. The van der Waals surface area contributed by atoms with Crippen LogP contribution in [0.4, 0.5) is 0 Å². The van der Waals surface area contributed by atoms with Gasteiger partial charge in [0.25, 0.3) is 10.0 Å². The number of pyridine rings is 1. The lowest BCUT2D eigenvalue weighted by molar-refractivity contribution is 0.556. The minimum Gasteiger partial charge on any atom is -0.315 e. The lowest BCUT2D eigenvalue weighted by Gasteiger charge is -2.11. The first-order valence-corrected chi connectivity index (χ1v) is 6.70. The summed E-state index contributed by atoms with van der Waals surface area (Å²) in [5.41, 5.74) is 0.0611. The van der Waals surface area contributed by atoms with E-state index in [0.717, 1.165) is 13.0 Å². The van der Waals surface area contributed by atoms with Gasteiger partial charge in [0, 0.05) is 18.8 Å². The van der Waals surface area contributed by atoms with E-state index in [9.17, 15) is 8.42 Å². The van der Waals surface area contributed by atoms with Gasteiger partial charge in [-0.15, -0.1) is 0 Å². The van der Waals surface area contributed by atoms with Crippen molar-refractivity contribution >= 4 is 10.0 Å². The number of nitrogens with zero attached hydrogens (tertiary/aromatic N) is 2. The molecule has 2 N–H and O–H groups in total. The van der Waals surface area contributed by atoms with Gasteiger partial charge >= 0.3 is 0 Å². The molecule has 0 unspecified atom stereocenters. The van der Waals surface area contributed by atoms with Crippen LogP contribution in [-0.2, 0) is 10.0 Å². The molecule has 7 heteroatoms. The molecule has 2 rings (SSSR count). The molecule has 0 spiro atoms. The van der Waals surface area contributed by atoms with Crippen molar-refractivity contribution in [3.05, 3.63) is 23.9 Å². The maximum absolute atomic E-state index is 12.0. The van der Waals surface area contributed by atoms with Crippen molar-refractivity contribution in [2.45, 2.75) is 17.5 Å². The fourth-order valence-electron chi connectivity index (χ4n) is 1.72. The van der Waals surface area contributed by atoms with Gasteiger partial charge in [0.2, 0.25) is 0 Å². The average molecular weight is 252 g/mol. The molecule has 0 radical (unpaired) electrons. The number of aromatic nitrogens is 1. The fraction of sp³-hybridized carbons (Fsp3) is 0.400. The van der Waals surface area contributed by atoms with Gasteiger partial charge < -0.3 is 5.32 Å². The molecule has 1 aliphatic heterocycles. The second-order valence-electron chi connectivity index (χ2n) is 3.78. The first kappa shape index (κ1) is 12.0. The molecule has 0 aliphatic carbocycles. The summed E-state index contributed by atoms with van der Waals surface area (Å²) in [6, 6.07) is 4.67. The molecule has 2 heterocycles. The van der Waals surface area contributed by atoms with Crippen LogP contribution < -0.4 is 10.0 Å². The Hall–Kier alpha value is -1.49. The molecular formula is C10H12N4O2S. The molecule has 0 aromatic carbocycles. The van der Waals surface area contributed by atoms with Crippen LogP contribution in [0, 0.1) is 11.3 Å². The van der Waals surface area contributed by atoms with Crippen molar-refractivity contribution in [2.75, 3.05) is 13.1 Å². The number of nitrogens with one attached hydrogen (secondary N) is 2. The summed E-state index contributed by atoms with van der Waals surface area (Å²) in [5.74, 6) is 0. The third kappa shape index (κ3) is 2.61. The van der Waals surface area contributed by atoms with Crippen LogP contribution in [0.2, 0.25) is 0 Å². The molecule has 17 heavy (non-hydrogen) atoms.